The summed E-state index contributed by atoms with van der Waals surface area (Å²) in [6.07, 6.45) is 2.75. The van der Waals surface area contributed by atoms with Crippen LogP contribution in [0.3, 0.4) is 0 Å². The molecule has 0 aromatic carbocycles. The molecule has 0 bridgehead atoms. The van der Waals surface area contributed by atoms with Gasteiger partial charge in [0.1, 0.15) is 12.5 Å². The maximum atomic E-state index is 13.8. The van der Waals surface area contributed by atoms with E-state index in [0.29, 0.717) is 6.67 Å². The SMILES string of the molecule is OCC1=C(F)[C@@H](N2C=C(Br)C=NC2)C[C@H]1O. The summed E-state index contributed by atoms with van der Waals surface area (Å²) in [6, 6.07) is -0.526. The third-order valence-corrected chi connectivity index (χ3v) is 3.18. The van der Waals surface area contributed by atoms with Crippen molar-refractivity contribution in [2.75, 3.05) is 13.3 Å². The highest BCUT2D eigenvalue weighted by atomic mass is 79.9. The van der Waals surface area contributed by atoms with Gasteiger partial charge in [-0.05, 0) is 15.9 Å². The minimum absolute atomic E-state index is 0.0871. The average Bonchev–Trinajstić information content (AvgIpc) is 2.54. The van der Waals surface area contributed by atoms with Crippen LogP contribution in [0, 0.1) is 0 Å². The second kappa shape index (κ2) is 4.65. The molecule has 4 nitrogen and oxygen atoms in total. The van der Waals surface area contributed by atoms with Crippen molar-refractivity contribution in [3.05, 3.63) is 22.1 Å². The fraction of sp³-hybridized carbons (Fsp3) is 0.500. The van der Waals surface area contributed by atoms with Gasteiger partial charge in [-0.25, -0.2) is 4.39 Å². The van der Waals surface area contributed by atoms with Crippen molar-refractivity contribution >= 4 is 22.1 Å². The van der Waals surface area contributed by atoms with Crippen LogP contribution in [-0.4, -0.2) is 46.7 Å². The van der Waals surface area contributed by atoms with Gasteiger partial charge in [0.2, 0.25) is 0 Å². The molecule has 0 aromatic rings. The van der Waals surface area contributed by atoms with E-state index in [1.54, 1.807) is 17.3 Å². The van der Waals surface area contributed by atoms with Crippen molar-refractivity contribution < 1.29 is 14.6 Å². The molecule has 1 heterocycles. The van der Waals surface area contributed by atoms with Crippen LogP contribution in [0.2, 0.25) is 0 Å². The number of halogens is 2. The van der Waals surface area contributed by atoms with Crippen molar-refractivity contribution in [1.82, 2.24) is 4.90 Å². The van der Waals surface area contributed by atoms with Gasteiger partial charge in [-0.2, -0.15) is 0 Å². The Hall–Kier alpha value is -0.720. The minimum atomic E-state index is -0.895. The zero-order valence-corrected chi connectivity index (χ0v) is 10.1. The fourth-order valence-electron chi connectivity index (χ4n) is 1.94. The molecular weight excluding hydrogens is 279 g/mol. The standard InChI is InChI=1S/C10H12BrFN2O2/c11-6-2-13-5-14(3-6)8-1-9(16)7(4-15)10(8)12/h2-3,8-9,15-16H,1,4-5H2/t8-,9+/m0/s1. The Morgan fingerprint density at radius 3 is 2.94 bits per heavy atom. The second-order valence-corrected chi connectivity index (χ2v) is 4.70. The van der Waals surface area contributed by atoms with Crippen LogP contribution in [0.4, 0.5) is 4.39 Å². The maximum Gasteiger partial charge on any atom is 0.127 e. The molecule has 0 unspecified atom stereocenters. The normalized spacial score (nSPS) is 30.0. The summed E-state index contributed by atoms with van der Waals surface area (Å²) in [7, 11) is 0. The van der Waals surface area contributed by atoms with E-state index in [1.807, 2.05) is 0 Å². The molecule has 0 amide bonds. The third kappa shape index (κ3) is 2.05. The van der Waals surface area contributed by atoms with Crippen molar-refractivity contribution in [1.29, 1.82) is 0 Å². The van der Waals surface area contributed by atoms with Crippen LogP contribution in [0.15, 0.2) is 27.1 Å². The Bertz CT molecular complexity index is 381. The van der Waals surface area contributed by atoms with E-state index in [9.17, 15) is 9.50 Å². The Morgan fingerprint density at radius 1 is 1.62 bits per heavy atom. The number of aliphatic imine (C=N–C) groups is 1. The number of aliphatic hydroxyl groups is 2. The summed E-state index contributed by atoms with van der Waals surface area (Å²) >= 11 is 3.26. The molecule has 0 aromatic heterocycles. The van der Waals surface area contributed by atoms with Gasteiger partial charge < -0.3 is 15.1 Å². The largest absolute Gasteiger partial charge is 0.392 e. The van der Waals surface area contributed by atoms with Crippen molar-refractivity contribution in [2.45, 2.75) is 18.6 Å². The number of aliphatic hydroxyl groups excluding tert-OH is 2. The Kier molecular flexibility index (Phi) is 3.41. The molecule has 0 fully saturated rings. The van der Waals surface area contributed by atoms with Crippen molar-refractivity contribution in [3.63, 3.8) is 0 Å². The Morgan fingerprint density at radius 2 is 2.38 bits per heavy atom. The number of hydrogen-bond acceptors (Lipinski definition) is 4. The van der Waals surface area contributed by atoms with Crippen molar-refractivity contribution in [2.24, 2.45) is 4.99 Å². The summed E-state index contributed by atoms with van der Waals surface area (Å²) in [5.41, 5.74) is 0.0871. The lowest BCUT2D eigenvalue weighted by Gasteiger charge is -2.27. The summed E-state index contributed by atoms with van der Waals surface area (Å²) in [4.78, 5) is 5.75. The zero-order valence-electron chi connectivity index (χ0n) is 8.48. The summed E-state index contributed by atoms with van der Waals surface area (Å²) < 4.78 is 14.6. The summed E-state index contributed by atoms with van der Waals surface area (Å²) in [5, 5.41) is 18.5. The highest BCUT2D eigenvalue weighted by Gasteiger charge is 2.35. The van der Waals surface area contributed by atoms with Gasteiger partial charge in [0.15, 0.2) is 0 Å². The third-order valence-electron chi connectivity index (χ3n) is 2.77. The van der Waals surface area contributed by atoms with E-state index < -0.39 is 24.6 Å². The average molecular weight is 291 g/mol. The molecule has 0 saturated carbocycles. The van der Waals surface area contributed by atoms with Crippen LogP contribution in [-0.2, 0) is 0 Å². The molecule has 0 radical (unpaired) electrons. The molecule has 2 atom stereocenters. The van der Waals surface area contributed by atoms with Crippen LogP contribution in [0.25, 0.3) is 0 Å². The molecule has 16 heavy (non-hydrogen) atoms. The smallest absolute Gasteiger partial charge is 0.127 e. The minimum Gasteiger partial charge on any atom is -0.392 e. The van der Waals surface area contributed by atoms with Crippen LogP contribution in [0.1, 0.15) is 6.42 Å². The van der Waals surface area contributed by atoms with E-state index in [-0.39, 0.29) is 12.0 Å². The van der Waals surface area contributed by atoms with Gasteiger partial charge in [0.05, 0.1) is 23.2 Å². The number of rotatable bonds is 2. The molecule has 2 rings (SSSR count). The number of nitrogens with zero attached hydrogens (tertiary/aromatic N) is 2. The molecule has 0 saturated heterocycles. The van der Waals surface area contributed by atoms with Crippen molar-refractivity contribution in [3.8, 4) is 0 Å². The number of hydrogen-bond donors (Lipinski definition) is 2. The second-order valence-electron chi connectivity index (χ2n) is 3.78. The lowest BCUT2D eigenvalue weighted by molar-refractivity contribution is 0.168. The molecule has 6 heteroatoms. The van der Waals surface area contributed by atoms with Crippen LogP contribution in [0.5, 0.6) is 0 Å². The van der Waals surface area contributed by atoms with Gasteiger partial charge in [-0.15, -0.1) is 0 Å². The monoisotopic (exact) mass is 290 g/mol. The van der Waals surface area contributed by atoms with Crippen LogP contribution >= 0.6 is 15.9 Å². The van der Waals surface area contributed by atoms with E-state index >= 15 is 0 Å². The predicted molar refractivity (Wildman–Crippen MR) is 61.8 cm³/mol. The molecule has 0 spiro atoms. The summed E-state index contributed by atoms with van der Waals surface area (Å²) in [5.74, 6) is -0.441. The van der Waals surface area contributed by atoms with E-state index in [0.717, 1.165) is 4.48 Å². The molecule has 1 aliphatic carbocycles. The molecule has 2 aliphatic rings. The first-order valence-corrected chi connectivity index (χ1v) is 5.73. The van der Waals surface area contributed by atoms with E-state index in [1.165, 1.54) is 0 Å². The molecular formula is C10H12BrFN2O2. The first-order valence-electron chi connectivity index (χ1n) is 4.93. The molecule has 2 N–H and O–H groups in total. The van der Waals surface area contributed by atoms with Gasteiger partial charge in [-0.1, -0.05) is 0 Å². The van der Waals surface area contributed by atoms with Gasteiger partial charge in [-0.3, -0.25) is 4.99 Å². The lowest BCUT2D eigenvalue weighted by Crippen LogP contribution is -2.32. The Balaban J connectivity index is 2.19. The van der Waals surface area contributed by atoms with Gasteiger partial charge in [0.25, 0.3) is 0 Å². The van der Waals surface area contributed by atoms with E-state index in [2.05, 4.69) is 20.9 Å². The lowest BCUT2D eigenvalue weighted by atomic mass is 10.2. The van der Waals surface area contributed by atoms with Gasteiger partial charge in [0, 0.05) is 24.4 Å². The van der Waals surface area contributed by atoms with Crippen LogP contribution < -0.4 is 0 Å². The topological polar surface area (TPSA) is 56.1 Å². The number of allylic oxidation sites excluding steroid dienone is 1. The quantitative estimate of drug-likeness (QED) is 0.795. The van der Waals surface area contributed by atoms with Gasteiger partial charge >= 0.3 is 0 Å². The summed E-state index contributed by atoms with van der Waals surface area (Å²) in [6.45, 7) is -0.0793. The molecule has 88 valence electrons. The predicted octanol–water partition coefficient (Wildman–Crippen LogP) is 0.916. The fourth-order valence-corrected chi connectivity index (χ4v) is 2.34. The Labute approximate surface area is 101 Å². The zero-order chi connectivity index (χ0) is 11.7. The highest BCUT2D eigenvalue weighted by molar-refractivity contribution is 9.12. The van der Waals surface area contributed by atoms with E-state index in [4.69, 9.17) is 5.11 Å². The highest BCUT2D eigenvalue weighted by Crippen LogP contribution is 2.32. The first kappa shape index (κ1) is 11.8. The first-order chi connectivity index (χ1) is 7.63. The maximum absolute atomic E-state index is 13.8. The molecule has 1 aliphatic heterocycles.